The predicted molar refractivity (Wildman–Crippen MR) is 56.5 cm³/mol. The van der Waals surface area contributed by atoms with Crippen LogP contribution in [-0.4, -0.2) is 29.7 Å². The number of carbonyl (C=O) groups is 1. The molecule has 8 heteroatoms. The van der Waals surface area contributed by atoms with Crippen molar-refractivity contribution in [2.45, 2.75) is 19.1 Å². The van der Waals surface area contributed by atoms with Crippen LogP contribution in [0.3, 0.4) is 0 Å². The fourth-order valence-electron chi connectivity index (χ4n) is 0.745. The molecule has 1 aromatic heterocycles. The summed E-state index contributed by atoms with van der Waals surface area (Å²) in [5.41, 5.74) is 0. The fourth-order valence-corrected chi connectivity index (χ4v) is 2.51. The molecule has 0 radical (unpaired) electrons. The van der Waals surface area contributed by atoms with Gasteiger partial charge in [-0.3, -0.25) is 9.52 Å². The van der Waals surface area contributed by atoms with E-state index in [1.54, 1.807) is 6.92 Å². The van der Waals surface area contributed by atoms with E-state index in [1.807, 2.05) is 0 Å². The first kappa shape index (κ1) is 11.9. The summed E-state index contributed by atoms with van der Waals surface area (Å²) < 4.78 is 25.0. The highest BCUT2D eigenvalue weighted by Crippen LogP contribution is 2.19. The van der Waals surface area contributed by atoms with Gasteiger partial charge in [0.15, 0.2) is 10.4 Å². The van der Waals surface area contributed by atoms with Crippen molar-refractivity contribution in [3.05, 3.63) is 11.1 Å². The van der Waals surface area contributed by atoms with E-state index in [0.29, 0.717) is 0 Å². The van der Waals surface area contributed by atoms with Crippen LogP contribution >= 0.6 is 11.3 Å². The van der Waals surface area contributed by atoms with Gasteiger partial charge in [-0.1, -0.05) is 0 Å². The molecule has 0 amide bonds. The van der Waals surface area contributed by atoms with Gasteiger partial charge in [-0.15, -0.1) is 11.3 Å². The first-order valence-electron chi connectivity index (χ1n) is 4.00. The molecule has 84 valence electrons. The van der Waals surface area contributed by atoms with E-state index in [9.17, 15) is 13.2 Å². The highest BCUT2D eigenvalue weighted by atomic mass is 32.2. The van der Waals surface area contributed by atoms with Crippen molar-refractivity contribution in [2.24, 2.45) is 0 Å². The van der Waals surface area contributed by atoms with Gasteiger partial charge in [0, 0.05) is 11.1 Å². The van der Waals surface area contributed by atoms with Gasteiger partial charge in [0.1, 0.15) is 0 Å². The number of anilines is 1. The summed E-state index contributed by atoms with van der Waals surface area (Å²) in [6, 6.07) is 0. The molecule has 0 spiro atoms. The zero-order chi connectivity index (χ0) is 11.6. The molecule has 1 aromatic rings. The van der Waals surface area contributed by atoms with Gasteiger partial charge in [-0.05, 0) is 13.8 Å². The first-order valence-corrected chi connectivity index (χ1v) is 6.36. The molecular weight excluding hydrogens is 240 g/mol. The van der Waals surface area contributed by atoms with E-state index >= 15 is 0 Å². The monoisotopic (exact) mass is 250 g/mol. The lowest BCUT2D eigenvalue weighted by Crippen LogP contribution is -2.31. The molecule has 2 N–H and O–H groups in total. The van der Waals surface area contributed by atoms with Gasteiger partial charge in [0.25, 0.3) is 0 Å². The molecule has 0 bridgehead atoms. The minimum atomic E-state index is -3.90. The van der Waals surface area contributed by atoms with Crippen molar-refractivity contribution in [1.82, 2.24) is 4.98 Å². The minimum Gasteiger partial charge on any atom is -0.480 e. The molecule has 0 saturated carbocycles. The lowest BCUT2D eigenvalue weighted by atomic mass is 10.5. The van der Waals surface area contributed by atoms with Gasteiger partial charge in [0.2, 0.25) is 10.0 Å². The number of carboxylic acid groups (broad SMARTS) is 1. The second-order valence-corrected chi connectivity index (χ2v) is 6.14. The van der Waals surface area contributed by atoms with Crippen LogP contribution in [0.1, 0.15) is 11.8 Å². The number of rotatable bonds is 4. The normalized spacial score (nSPS) is 13.5. The van der Waals surface area contributed by atoms with Crippen LogP contribution in [-0.2, 0) is 14.8 Å². The van der Waals surface area contributed by atoms with Crippen LogP contribution in [0.4, 0.5) is 5.13 Å². The van der Waals surface area contributed by atoms with E-state index in [-0.39, 0.29) is 5.13 Å². The second-order valence-electron chi connectivity index (χ2n) is 2.90. The molecular formula is C7H10N2O4S2. The Bertz CT molecular complexity index is 465. The van der Waals surface area contributed by atoms with Crippen molar-refractivity contribution in [2.75, 3.05) is 4.72 Å². The molecule has 0 aliphatic heterocycles. The molecule has 0 saturated heterocycles. The Labute approximate surface area is 91.0 Å². The van der Waals surface area contributed by atoms with E-state index < -0.39 is 21.2 Å². The highest BCUT2D eigenvalue weighted by Gasteiger charge is 2.28. The second kappa shape index (κ2) is 4.15. The van der Waals surface area contributed by atoms with Crippen molar-refractivity contribution in [3.8, 4) is 0 Å². The van der Waals surface area contributed by atoms with Crippen molar-refractivity contribution in [1.29, 1.82) is 0 Å². The Morgan fingerprint density at radius 1 is 1.67 bits per heavy atom. The number of aliphatic carboxylic acids is 1. The quantitative estimate of drug-likeness (QED) is 0.818. The Kier molecular flexibility index (Phi) is 3.30. The third-order valence-corrected chi connectivity index (χ3v) is 4.23. The Morgan fingerprint density at radius 3 is 2.67 bits per heavy atom. The van der Waals surface area contributed by atoms with E-state index in [1.165, 1.54) is 6.20 Å². The molecule has 0 fully saturated rings. The van der Waals surface area contributed by atoms with Crippen molar-refractivity contribution >= 4 is 32.5 Å². The third-order valence-electron chi connectivity index (χ3n) is 1.66. The minimum absolute atomic E-state index is 0.181. The topological polar surface area (TPSA) is 96.4 Å². The molecule has 0 aromatic carbocycles. The Balaban J connectivity index is 2.86. The van der Waals surface area contributed by atoms with Gasteiger partial charge in [-0.25, -0.2) is 13.4 Å². The number of aryl methyl sites for hydroxylation is 1. The van der Waals surface area contributed by atoms with Gasteiger partial charge < -0.3 is 5.11 Å². The average Bonchev–Trinajstić information content (AvgIpc) is 2.48. The number of nitrogens with one attached hydrogen (secondary N) is 1. The van der Waals surface area contributed by atoms with Crippen molar-refractivity contribution < 1.29 is 18.3 Å². The summed E-state index contributed by atoms with van der Waals surface area (Å²) in [4.78, 5) is 15.1. The number of hydrogen-bond acceptors (Lipinski definition) is 5. The standard InChI is InChI=1S/C7H10N2O4S2/c1-4-3-8-7(14-4)9-15(12,13)5(2)6(10)11/h3,5H,1-2H3,(H,8,9)(H,10,11). The van der Waals surface area contributed by atoms with Crippen LogP contribution in [0.2, 0.25) is 0 Å². The van der Waals surface area contributed by atoms with Crippen molar-refractivity contribution in [3.63, 3.8) is 0 Å². The zero-order valence-electron chi connectivity index (χ0n) is 8.09. The number of aromatic nitrogens is 1. The van der Waals surface area contributed by atoms with Crippen LogP contribution in [0.15, 0.2) is 6.20 Å². The maximum absolute atomic E-state index is 11.4. The fraction of sp³-hybridized carbons (Fsp3) is 0.429. The largest absolute Gasteiger partial charge is 0.480 e. The van der Waals surface area contributed by atoms with Gasteiger partial charge in [-0.2, -0.15) is 0 Å². The highest BCUT2D eigenvalue weighted by molar-refractivity contribution is 7.94. The lowest BCUT2D eigenvalue weighted by Gasteiger charge is -2.08. The maximum atomic E-state index is 11.4. The molecule has 1 unspecified atom stereocenters. The zero-order valence-corrected chi connectivity index (χ0v) is 9.72. The maximum Gasteiger partial charge on any atom is 0.323 e. The summed E-state index contributed by atoms with van der Waals surface area (Å²) in [6.07, 6.45) is 1.51. The van der Waals surface area contributed by atoms with E-state index in [4.69, 9.17) is 5.11 Å². The van der Waals surface area contributed by atoms with Crippen LogP contribution < -0.4 is 4.72 Å². The number of hydrogen-bond donors (Lipinski definition) is 2. The third kappa shape index (κ3) is 2.90. The summed E-state index contributed by atoms with van der Waals surface area (Å²) in [5, 5.41) is 7.25. The molecule has 6 nitrogen and oxygen atoms in total. The molecule has 0 aliphatic carbocycles. The Morgan fingerprint density at radius 2 is 2.27 bits per heavy atom. The molecule has 15 heavy (non-hydrogen) atoms. The lowest BCUT2D eigenvalue weighted by molar-refractivity contribution is -0.136. The summed E-state index contributed by atoms with van der Waals surface area (Å²) in [6.45, 7) is 2.88. The number of carboxylic acids is 1. The Hall–Kier alpha value is -1.15. The molecule has 0 aliphatic rings. The predicted octanol–water partition coefficient (Wildman–Crippen LogP) is 0.666. The van der Waals surface area contributed by atoms with Crippen LogP contribution in [0.25, 0.3) is 0 Å². The van der Waals surface area contributed by atoms with Gasteiger partial charge in [0.05, 0.1) is 0 Å². The van der Waals surface area contributed by atoms with Gasteiger partial charge >= 0.3 is 5.97 Å². The summed E-state index contributed by atoms with van der Waals surface area (Å²) in [5.74, 6) is -1.39. The molecule has 1 rings (SSSR count). The average molecular weight is 250 g/mol. The van der Waals surface area contributed by atoms with Crippen LogP contribution in [0, 0.1) is 6.92 Å². The van der Waals surface area contributed by atoms with Crippen LogP contribution in [0.5, 0.6) is 0 Å². The number of sulfonamides is 1. The summed E-state index contributed by atoms with van der Waals surface area (Å²) in [7, 11) is -3.90. The molecule has 1 atom stereocenters. The smallest absolute Gasteiger partial charge is 0.323 e. The first-order chi connectivity index (χ1) is 6.83. The van der Waals surface area contributed by atoms with E-state index in [2.05, 4.69) is 9.71 Å². The summed E-state index contributed by atoms with van der Waals surface area (Å²) >= 11 is 1.15. The number of thiazole rings is 1. The van der Waals surface area contributed by atoms with E-state index in [0.717, 1.165) is 23.1 Å². The molecule has 1 heterocycles. The SMILES string of the molecule is Cc1cnc(NS(=O)(=O)C(C)C(=O)O)s1. The number of nitrogens with zero attached hydrogens (tertiary/aromatic N) is 1.